The fraction of sp³-hybridized carbons (Fsp3) is 0.304. The number of nitrogens with zero attached hydrogens (tertiary/aromatic N) is 3. The Hall–Kier alpha value is -3.14. The molecule has 0 radical (unpaired) electrons. The Morgan fingerprint density at radius 3 is 2.55 bits per heavy atom. The Balaban J connectivity index is 1.69. The maximum Gasteiger partial charge on any atom is 0.282 e. The van der Waals surface area contributed by atoms with Crippen LogP contribution in [0.4, 0.5) is 5.69 Å². The first kappa shape index (κ1) is 19.2. The van der Waals surface area contributed by atoms with Gasteiger partial charge >= 0.3 is 0 Å². The Morgan fingerprint density at radius 2 is 1.83 bits per heavy atom. The van der Waals surface area contributed by atoms with Crippen molar-refractivity contribution in [1.29, 1.82) is 5.26 Å². The summed E-state index contributed by atoms with van der Waals surface area (Å²) in [4.78, 5) is 16.4. The van der Waals surface area contributed by atoms with Gasteiger partial charge in [0.25, 0.3) is 5.91 Å². The Labute approximate surface area is 170 Å². The minimum absolute atomic E-state index is 0.0576. The van der Waals surface area contributed by atoms with Gasteiger partial charge in [-0.3, -0.25) is 4.79 Å². The molecule has 0 spiro atoms. The van der Waals surface area contributed by atoms with Crippen molar-refractivity contribution in [2.75, 3.05) is 37.7 Å². The van der Waals surface area contributed by atoms with Crippen LogP contribution in [0.25, 0.3) is 10.9 Å². The maximum absolute atomic E-state index is 13.3. The highest BCUT2D eigenvalue weighted by atomic mass is 16.5. The number of morpholine rings is 1. The largest absolute Gasteiger partial charge is 0.370 e. The molecule has 1 saturated heterocycles. The van der Waals surface area contributed by atoms with Crippen molar-refractivity contribution in [3.8, 4) is 6.07 Å². The van der Waals surface area contributed by atoms with Crippen molar-refractivity contribution in [3.05, 3.63) is 65.9 Å². The van der Waals surface area contributed by atoms with Crippen LogP contribution in [0.5, 0.6) is 0 Å². The zero-order valence-corrected chi connectivity index (χ0v) is 16.6. The number of amides is 1. The van der Waals surface area contributed by atoms with E-state index in [4.69, 9.17) is 4.74 Å². The van der Waals surface area contributed by atoms with Crippen LogP contribution >= 0.6 is 0 Å². The van der Waals surface area contributed by atoms with Crippen molar-refractivity contribution in [1.82, 2.24) is 4.57 Å². The van der Waals surface area contributed by atoms with Crippen molar-refractivity contribution in [2.45, 2.75) is 6.54 Å². The zero-order chi connectivity index (χ0) is 20.2. The van der Waals surface area contributed by atoms with Crippen LogP contribution in [-0.4, -0.2) is 43.3 Å². The molecule has 2 aromatic carbocycles. The average molecular weight is 389 g/mol. The number of aromatic nitrogens is 1. The number of benzene rings is 2. The SMILES string of the molecule is Cn1c(CN(C(=O)C[NH+]2CCOCC2)c2ccccc2)c(C#N)c2ccccc21. The highest BCUT2D eigenvalue weighted by Gasteiger charge is 2.26. The summed E-state index contributed by atoms with van der Waals surface area (Å²) in [7, 11) is 1.96. The highest BCUT2D eigenvalue weighted by molar-refractivity contribution is 5.95. The number of nitriles is 1. The fourth-order valence-corrected chi connectivity index (χ4v) is 3.98. The van der Waals surface area contributed by atoms with Crippen molar-refractivity contribution in [3.63, 3.8) is 0 Å². The standard InChI is InChI=1S/C23H24N4O2/c1-25-21-10-6-5-9-19(21)20(15-24)22(25)16-27(18-7-3-2-4-8-18)23(28)17-26-11-13-29-14-12-26/h2-10H,11-14,16-17H2,1H3/p+1. The lowest BCUT2D eigenvalue weighted by Crippen LogP contribution is -3.15. The molecule has 1 aliphatic heterocycles. The molecule has 0 aliphatic carbocycles. The Bertz CT molecular complexity index is 1050. The summed E-state index contributed by atoms with van der Waals surface area (Å²) >= 11 is 0. The molecule has 3 aromatic rings. The molecule has 0 unspecified atom stereocenters. The molecule has 0 bridgehead atoms. The van der Waals surface area contributed by atoms with Gasteiger partial charge in [0.1, 0.15) is 19.2 Å². The van der Waals surface area contributed by atoms with Crippen LogP contribution in [0.2, 0.25) is 0 Å². The second-order valence-electron chi connectivity index (χ2n) is 7.36. The van der Waals surface area contributed by atoms with E-state index >= 15 is 0 Å². The molecule has 4 rings (SSSR count). The van der Waals surface area contributed by atoms with Gasteiger partial charge in [-0.15, -0.1) is 0 Å². The average Bonchev–Trinajstić information content (AvgIpc) is 3.04. The number of carbonyl (C=O) groups excluding carboxylic acids is 1. The van der Waals surface area contributed by atoms with Gasteiger partial charge in [-0.25, -0.2) is 0 Å². The zero-order valence-electron chi connectivity index (χ0n) is 16.6. The highest BCUT2D eigenvalue weighted by Crippen LogP contribution is 2.27. The molecule has 2 heterocycles. The Kier molecular flexibility index (Phi) is 5.61. The van der Waals surface area contributed by atoms with E-state index in [1.165, 1.54) is 4.90 Å². The van der Waals surface area contributed by atoms with Gasteiger partial charge in [0.2, 0.25) is 0 Å². The summed E-state index contributed by atoms with van der Waals surface area (Å²) in [6.45, 7) is 3.84. The third-order valence-electron chi connectivity index (χ3n) is 5.62. The molecule has 1 aromatic heterocycles. The number of hydrogen-bond acceptors (Lipinski definition) is 3. The van der Waals surface area contributed by atoms with Gasteiger partial charge in [-0.2, -0.15) is 5.26 Å². The smallest absolute Gasteiger partial charge is 0.282 e. The van der Waals surface area contributed by atoms with Gasteiger partial charge in [-0.1, -0.05) is 36.4 Å². The van der Waals surface area contributed by atoms with E-state index in [0.717, 1.165) is 35.4 Å². The number of hydrogen-bond donors (Lipinski definition) is 1. The number of fused-ring (bicyclic) bond motifs is 1. The van der Waals surface area contributed by atoms with Crippen LogP contribution in [0, 0.1) is 11.3 Å². The summed E-state index contributed by atoms with van der Waals surface area (Å²) in [5, 5.41) is 10.8. The number of rotatable bonds is 5. The molecule has 0 atom stereocenters. The van der Waals surface area contributed by atoms with E-state index in [2.05, 4.69) is 6.07 Å². The van der Waals surface area contributed by atoms with Gasteiger partial charge in [-0.05, 0) is 18.2 Å². The predicted molar refractivity (Wildman–Crippen MR) is 112 cm³/mol. The first-order valence-electron chi connectivity index (χ1n) is 9.92. The molecular weight excluding hydrogens is 364 g/mol. The summed E-state index contributed by atoms with van der Waals surface area (Å²) in [6, 6.07) is 19.9. The van der Waals surface area contributed by atoms with Gasteiger partial charge in [0, 0.05) is 23.6 Å². The minimum atomic E-state index is 0.0576. The van der Waals surface area contributed by atoms with Crippen LogP contribution in [-0.2, 0) is 23.1 Å². The van der Waals surface area contributed by atoms with Crippen molar-refractivity contribution in [2.24, 2.45) is 7.05 Å². The lowest BCUT2D eigenvalue weighted by molar-refractivity contribution is -0.900. The fourth-order valence-electron chi connectivity index (χ4n) is 3.98. The number of nitrogens with one attached hydrogen (secondary N) is 1. The third-order valence-corrected chi connectivity index (χ3v) is 5.62. The quantitative estimate of drug-likeness (QED) is 0.719. The van der Waals surface area contributed by atoms with Crippen LogP contribution in [0.1, 0.15) is 11.3 Å². The van der Waals surface area contributed by atoms with Crippen molar-refractivity contribution >= 4 is 22.5 Å². The number of carbonyl (C=O) groups is 1. The second-order valence-corrected chi connectivity index (χ2v) is 7.36. The summed E-state index contributed by atoms with van der Waals surface area (Å²) < 4.78 is 7.44. The normalized spacial score (nSPS) is 14.6. The predicted octanol–water partition coefficient (Wildman–Crippen LogP) is 1.50. The molecule has 6 nitrogen and oxygen atoms in total. The molecule has 6 heteroatoms. The number of ether oxygens (including phenoxy) is 1. The maximum atomic E-state index is 13.3. The van der Waals surface area contributed by atoms with Gasteiger partial charge in [0.15, 0.2) is 6.54 Å². The van der Waals surface area contributed by atoms with Crippen LogP contribution in [0.15, 0.2) is 54.6 Å². The molecule has 148 valence electrons. The molecular formula is C23H25N4O2+. The summed E-state index contributed by atoms with van der Waals surface area (Å²) in [5.74, 6) is 0.0576. The van der Waals surface area contributed by atoms with E-state index in [1.54, 1.807) is 4.90 Å². The Morgan fingerprint density at radius 1 is 1.14 bits per heavy atom. The minimum Gasteiger partial charge on any atom is -0.370 e. The van der Waals surface area contributed by atoms with Gasteiger partial charge in [0.05, 0.1) is 31.0 Å². The number of aryl methyl sites for hydroxylation is 1. The molecule has 29 heavy (non-hydrogen) atoms. The van der Waals surface area contributed by atoms with Gasteiger partial charge < -0.3 is 19.1 Å². The summed E-state index contributed by atoms with van der Waals surface area (Å²) in [6.07, 6.45) is 0. The third kappa shape index (κ3) is 3.88. The van der Waals surface area contributed by atoms with E-state index in [9.17, 15) is 10.1 Å². The molecule has 1 fully saturated rings. The van der Waals surface area contributed by atoms with E-state index < -0.39 is 0 Å². The second kappa shape index (κ2) is 8.48. The molecule has 1 aliphatic rings. The molecule has 1 amide bonds. The van der Waals surface area contributed by atoms with E-state index in [0.29, 0.717) is 31.9 Å². The first-order valence-corrected chi connectivity index (χ1v) is 9.92. The van der Waals surface area contributed by atoms with Crippen molar-refractivity contribution < 1.29 is 14.4 Å². The monoisotopic (exact) mass is 389 g/mol. The lowest BCUT2D eigenvalue weighted by Gasteiger charge is -2.28. The number of anilines is 1. The summed E-state index contributed by atoms with van der Waals surface area (Å²) in [5.41, 5.74) is 3.33. The molecule has 1 N–H and O–H groups in total. The van der Waals surface area contributed by atoms with E-state index in [-0.39, 0.29) is 5.91 Å². The molecule has 0 saturated carbocycles. The number of para-hydroxylation sites is 2. The topological polar surface area (TPSA) is 62.7 Å². The van der Waals surface area contributed by atoms with Crippen LogP contribution < -0.4 is 9.80 Å². The van der Waals surface area contributed by atoms with E-state index in [1.807, 2.05) is 66.2 Å². The lowest BCUT2D eigenvalue weighted by atomic mass is 10.1. The number of quaternary nitrogens is 1. The first-order chi connectivity index (χ1) is 14.2. The van der Waals surface area contributed by atoms with Crippen LogP contribution in [0.3, 0.4) is 0 Å².